The summed E-state index contributed by atoms with van der Waals surface area (Å²) in [6.07, 6.45) is 8.10. The summed E-state index contributed by atoms with van der Waals surface area (Å²) in [6, 6.07) is 6.38. The lowest BCUT2D eigenvalue weighted by atomic mass is 9.99. The van der Waals surface area contributed by atoms with Crippen LogP contribution in [0.5, 0.6) is 0 Å². The van der Waals surface area contributed by atoms with E-state index in [4.69, 9.17) is 0 Å². The van der Waals surface area contributed by atoms with Crippen molar-refractivity contribution >= 4 is 11.8 Å². The molecule has 0 saturated heterocycles. The number of pyridine rings is 2. The van der Waals surface area contributed by atoms with Crippen LogP contribution in [0.1, 0.15) is 29.8 Å². The Balaban J connectivity index is 2.38. The van der Waals surface area contributed by atoms with Crippen LogP contribution in [0.2, 0.25) is 0 Å². The molecular formula is C20H24N4O2. The molecule has 2 aromatic heterocycles. The molecule has 136 valence electrons. The molecule has 0 radical (unpaired) electrons. The lowest BCUT2D eigenvalue weighted by Gasteiger charge is -2.33. The molecule has 2 heterocycles. The van der Waals surface area contributed by atoms with E-state index in [1.165, 1.54) is 0 Å². The van der Waals surface area contributed by atoms with E-state index in [2.05, 4.69) is 21.9 Å². The van der Waals surface area contributed by atoms with Crippen LogP contribution in [0.25, 0.3) is 0 Å². The Hall–Kier alpha value is -3.02. The number of rotatable bonds is 8. The normalized spacial score (nSPS) is 11.7. The quantitative estimate of drug-likeness (QED) is 0.741. The molecule has 6 heteroatoms. The number of amides is 2. The van der Waals surface area contributed by atoms with Crippen LogP contribution in [0.15, 0.2) is 61.7 Å². The molecule has 26 heavy (non-hydrogen) atoms. The van der Waals surface area contributed by atoms with Crippen LogP contribution in [0, 0.1) is 5.92 Å². The molecule has 2 aromatic rings. The second-order valence-corrected chi connectivity index (χ2v) is 6.25. The van der Waals surface area contributed by atoms with Crippen LogP contribution >= 0.6 is 0 Å². The standard InChI is InChI=1S/C20H24N4O2/c1-4-9-23-19(25)18(15(2)3)24(14-16-5-10-21-11-6-16)20(26)17-7-12-22-13-8-17/h4-8,10-13,15,18H,1,9,14H2,2-3H3,(H,23,25). The SMILES string of the molecule is C=CCNC(=O)C(C(C)C)N(Cc1ccncc1)C(=O)c1ccncc1. The maximum absolute atomic E-state index is 13.2. The molecule has 0 bridgehead atoms. The van der Waals surface area contributed by atoms with Crippen LogP contribution < -0.4 is 5.32 Å². The minimum absolute atomic E-state index is 0.0626. The minimum Gasteiger partial charge on any atom is -0.351 e. The molecule has 0 aromatic carbocycles. The lowest BCUT2D eigenvalue weighted by Crippen LogP contribution is -2.52. The van der Waals surface area contributed by atoms with E-state index in [1.54, 1.807) is 47.9 Å². The Morgan fingerprint density at radius 2 is 1.69 bits per heavy atom. The van der Waals surface area contributed by atoms with Crippen LogP contribution in [-0.4, -0.2) is 39.3 Å². The van der Waals surface area contributed by atoms with Gasteiger partial charge in [0, 0.05) is 43.4 Å². The number of aromatic nitrogens is 2. The van der Waals surface area contributed by atoms with E-state index >= 15 is 0 Å². The van der Waals surface area contributed by atoms with Crippen molar-refractivity contribution < 1.29 is 9.59 Å². The molecule has 0 aliphatic carbocycles. The van der Waals surface area contributed by atoms with Gasteiger partial charge in [0.1, 0.15) is 6.04 Å². The van der Waals surface area contributed by atoms with E-state index in [1.807, 2.05) is 26.0 Å². The number of carbonyl (C=O) groups is 2. The van der Waals surface area contributed by atoms with Crippen LogP contribution in [0.3, 0.4) is 0 Å². The first-order valence-corrected chi connectivity index (χ1v) is 8.53. The first kappa shape index (κ1) is 19.3. The molecule has 0 saturated carbocycles. The highest BCUT2D eigenvalue weighted by atomic mass is 16.2. The molecular weight excluding hydrogens is 328 g/mol. The fourth-order valence-corrected chi connectivity index (χ4v) is 2.72. The summed E-state index contributed by atoms with van der Waals surface area (Å²) in [7, 11) is 0. The number of hydrogen-bond acceptors (Lipinski definition) is 4. The Bertz CT molecular complexity index is 732. The third kappa shape index (κ3) is 4.99. The van der Waals surface area contributed by atoms with Crippen molar-refractivity contribution in [2.24, 2.45) is 5.92 Å². The maximum atomic E-state index is 13.2. The summed E-state index contributed by atoms with van der Waals surface area (Å²) < 4.78 is 0. The van der Waals surface area contributed by atoms with Crippen molar-refractivity contribution in [3.8, 4) is 0 Å². The Labute approximate surface area is 154 Å². The zero-order valence-electron chi connectivity index (χ0n) is 15.1. The van der Waals surface area contributed by atoms with Gasteiger partial charge in [-0.2, -0.15) is 0 Å². The van der Waals surface area contributed by atoms with Gasteiger partial charge in [0.05, 0.1) is 0 Å². The molecule has 2 amide bonds. The number of carbonyl (C=O) groups excluding carboxylic acids is 2. The average Bonchev–Trinajstić information content (AvgIpc) is 2.66. The van der Waals surface area contributed by atoms with E-state index < -0.39 is 6.04 Å². The van der Waals surface area contributed by atoms with Gasteiger partial charge in [0.25, 0.3) is 5.91 Å². The second-order valence-electron chi connectivity index (χ2n) is 6.25. The van der Waals surface area contributed by atoms with Crippen molar-refractivity contribution in [1.29, 1.82) is 0 Å². The van der Waals surface area contributed by atoms with Gasteiger partial charge in [-0.15, -0.1) is 6.58 Å². The highest BCUT2D eigenvalue weighted by Crippen LogP contribution is 2.18. The molecule has 2 rings (SSSR count). The molecule has 1 unspecified atom stereocenters. The zero-order valence-corrected chi connectivity index (χ0v) is 15.1. The minimum atomic E-state index is -0.608. The van der Waals surface area contributed by atoms with Gasteiger partial charge in [0.15, 0.2) is 0 Å². The average molecular weight is 352 g/mol. The fourth-order valence-electron chi connectivity index (χ4n) is 2.72. The largest absolute Gasteiger partial charge is 0.351 e. The summed E-state index contributed by atoms with van der Waals surface area (Å²) in [5, 5.41) is 2.81. The summed E-state index contributed by atoms with van der Waals surface area (Å²) >= 11 is 0. The Kier molecular flexibility index (Phi) is 7.02. The summed E-state index contributed by atoms with van der Waals surface area (Å²) in [5.74, 6) is -0.472. The van der Waals surface area contributed by atoms with E-state index in [0.717, 1.165) is 5.56 Å². The third-order valence-corrected chi connectivity index (χ3v) is 3.95. The van der Waals surface area contributed by atoms with Gasteiger partial charge in [-0.1, -0.05) is 19.9 Å². The molecule has 6 nitrogen and oxygen atoms in total. The van der Waals surface area contributed by atoms with Crippen molar-refractivity contribution in [3.05, 3.63) is 72.8 Å². The molecule has 0 aliphatic rings. The first-order chi connectivity index (χ1) is 12.5. The van der Waals surface area contributed by atoms with E-state index in [-0.39, 0.29) is 17.7 Å². The summed E-state index contributed by atoms with van der Waals surface area (Å²) in [4.78, 5) is 35.5. The van der Waals surface area contributed by atoms with Crippen LogP contribution in [-0.2, 0) is 11.3 Å². The monoisotopic (exact) mass is 352 g/mol. The van der Waals surface area contributed by atoms with E-state index in [9.17, 15) is 9.59 Å². The van der Waals surface area contributed by atoms with Gasteiger partial charge in [-0.05, 0) is 35.7 Å². The summed E-state index contributed by atoms with van der Waals surface area (Å²) in [5.41, 5.74) is 1.40. The highest BCUT2D eigenvalue weighted by molar-refractivity contribution is 5.97. The number of nitrogens with zero attached hydrogens (tertiary/aromatic N) is 3. The fraction of sp³-hybridized carbons (Fsp3) is 0.300. The van der Waals surface area contributed by atoms with Gasteiger partial charge in [-0.3, -0.25) is 19.6 Å². The van der Waals surface area contributed by atoms with Crippen molar-refractivity contribution in [2.75, 3.05) is 6.54 Å². The van der Waals surface area contributed by atoms with Gasteiger partial charge in [-0.25, -0.2) is 0 Å². The van der Waals surface area contributed by atoms with Gasteiger partial charge in [0.2, 0.25) is 5.91 Å². The smallest absolute Gasteiger partial charge is 0.254 e. The number of nitrogens with one attached hydrogen (secondary N) is 1. The highest BCUT2D eigenvalue weighted by Gasteiger charge is 2.32. The van der Waals surface area contributed by atoms with Crippen molar-refractivity contribution in [2.45, 2.75) is 26.4 Å². The van der Waals surface area contributed by atoms with Crippen molar-refractivity contribution in [3.63, 3.8) is 0 Å². The predicted molar refractivity (Wildman–Crippen MR) is 100 cm³/mol. The molecule has 0 fully saturated rings. The maximum Gasteiger partial charge on any atom is 0.254 e. The topological polar surface area (TPSA) is 75.2 Å². The van der Waals surface area contributed by atoms with Crippen LogP contribution in [0.4, 0.5) is 0 Å². The van der Waals surface area contributed by atoms with Gasteiger partial charge < -0.3 is 10.2 Å². The first-order valence-electron chi connectivity index (χ1n) is 8.53. The summed E-state index contributed by atoms with van der Waals surface area (Å²) in [6.45, 7) is 8.15. The molecule has 0 aliphatic heterocycles. The van der Waals surface area contributed by atoms with Gasteiger partial charge >= 0.3 is 0 Å². The zero-order chi connectivity index (χ0) is 18.9. The second kappa shape index (κ2) is 9.46. The molecule has 1 atom stereocenters. The van der Waals surface area contributed by atoms with Crippen molar-refractivity contribution in [1.82, 2.24) is 20.2 Å². The Morgan fingerprint density at radius 1 is 1.12 bits per heavy atom. The predicted octanol–water partition coefficient (Wildman–Crippen LogP) is 2.45. The molecule has 0 spiro atoms. The number of hydrogen-bond donors (Lipinski definition) is 1. The Morgan fingerprint density at radius 3 is 2.23 bits per heavy atom. The van der Waals surface area contributed by atoms with E-state index in [0.29, 0.717) is 18.7 Å². The molecule has 1 N–H and O–H groups in total. The third-order valence-electron chi connectivity index (χ3n) is 3.95. The lowest BCUT2D eigenvalue weighted by molar-refractivity contribution is -0.127.